The van der Waals surface area contributed by atoms with E-state index in [4.69, 9.17) is 10.8 Å². The average Bonchev–Trinajstić information content (AvgIpc) is 1.81. The number of nitrogens with zero attached hydrogens (tertiary/aromatic N) is 1. The highest BCUT2D eigenvalue weighted by molar-refractivity contribution is 7.80. The van der Waals surface area contributed by atoms with Gasteiger partial charge in [-0.2, -0.15) is 13.2 Å². The maximum atomic E-state index is 11.9. The Hall–Kier alpha value is -0.400. The summed E-state index contributed by atoms with van der Waals surface area (Å²) in [6.45, 7) is -1.67. The molecule has 0 aliphatic rings. The molecule has 0 unspecified atom stereocenters. The second-order valence-electron chi connectivity index (χ2n) is 2.52. The van der Waals surface area contributed by atoms with Crippen LogP contribution in [-0.2, 0) is 0 Å². The van der Waals surface area contributed by atoms with Gasteiger partial charge in [-0.15, -0.1) is 0 Å². The van der Waals surface area contributed by atoms with E-state index in [9.17, 15) is 13.2 Å². The molecular weight excluding hydrogens is 205 g/mol. The van der Waals surface area contributed by atoms with Crippen molar-refractivity contribution < 1.29 is 18.3 Å². The molecule has 0 saturated heterocycles. The Labute approximate surface area is 79.3 Å². The lowest BCUT2D eigenvalue weighted by atomic mass is 10.4. The molecule has 0 atom stereocenters. The van der Waals surface area contributed by atoms with Gasteiger partial charge >= 0.3 is 6.18 Å². The molecule has 7 heteroatoms. The van der Waals surface area contributed by atoms with E-state index >= 15 is 0 Å². The van der Waals surface area contributed by atoms with Gasteiger partial charge in [0, 0.05) is 13.1 Å². The second-order valence-corrected chi connectivity index (χ2v) is 3.04. The highest BCUT2D eigenvalue weighted by Gasteiger charge is 2.30. The van der Waals surface area contributed by atoms with Crippen molar-refractivity contribution in [3.63, 3.8) is 0 Å². The van der Waals surface area contributed by atoms with E-state index in [0.29, 0.717) is 0 Å². The van der Waals surface area contributed by atoms with Gasteiger partial charge in [-0.3, -0.25) is 4.90 Å². The van der Waals surface area contributed by atoms with Crippen LogP contribution >= 0.6 is 12.2 Å². The van der Waals surface area contributed by atoms with E-state index < -0.39 is 12.7 Å². The van der Waals surface area contributed by atoms with Gasteiger partial charge in [-0.05, 0) is 0 Å². The summed E-state index contributed by atoms with van der Waals surface area (Å²) >= 11 is 4.46. The zero-order valence-electron chi connectivity index (χ0n) is 6.84. The van der Waals surface area contributed by atoms with Crippen molar-refractivity contribution in [1.82, 2.24) is 4.90 Å². The molecule has 0 spiro atoms. The third-order valence-electron chi connectivity index (χ3n) is 1.20. The van der Waals surface area contributed by atoms with Crippen molar-refractivity contribution >= 4 is 17.2 Å². The standard InChI is InChI=1S/C6H11F3N2OS/c7-6(8,9)4-11(1-2-12)3-5(10)13/h12H,1-4H2,(H2,10,13). The molecule has 0 aromatic carbocycles. The Morgan fingerprint density at radius 1 is 1.46 bits per heavy atom. The molecule has 0 saturated carbocycles. The normalized spacial score (nSPS) is 12.1. The van der Waals surface area contributed by atoms with Gasteiger partial charge in [0.1, 0.15) is 0 Å². The third-order valence-corrected chi connectivity index (χ3v) is 1.33. The molecule has 78 valence electrons. The molecule has 3 nitrogen and oxygen atoms in total. The molecule has 0 rings (SSSR count). The molecule has 3 N–H and O–H groups in total. The molecule has 0 aromatic heterocycles. The Bertz CT molecular complexity index is 174. The van der Waals surface area contributed by atoms with Crippen LogP contribution in [-0.4, -0.2) is 47.4 Å². The molecule has 0 amide bonds. The summed E-state index contributed by atoms with van der Waals surface area (Å²) in [5.74, 6) is 0. The summed E-state index contributed by atoms with van der Waals surface area (Å²) in [7, 11) is 0. The first kappa shape index (κ1) is 12.6. The van der Waals surface area contributed by atoms with Gasteiger partial charge in [0.15, 0.2) is 0 Å². The lowest BCUT2D eigenvalue weighted by Crippen LogP contribution is -2.40. The zero-order valence-corrected chi connectivity index (χ0v) is 7.66. The SMILES string of the molecule is NC(=S)CN(CCO)CC(F)(F)F. The van der Waals surface area contributed by atoms with E-state index in [1.807, 2.05) is 0 Å². The number of thiocarbonyl (C=S) groups is 1. The number of alkyl halides is 3. The lowest BCUT2D eigenvalue weighted by molar-refractivity contribution is -0.144. The summed E-state index contributed by atoms with van der Waals surface area (Å²) in [6, 6.07) is 0. The largest absolute Gasteiger partial charge is 0.401 e. The number of halogens is 3. The molecule has 0 fully saturated rings. The minimum Gasteiger partial charge on any atom is -0.395 e. The maximum Gasteiger partial charge on any atom is 0.401 e. The Morgan fingerprint density at radius 2 is 2.00 bits per heavy atom. The van der Waals surface area contributed by atoms with Crippen molar-refractivity contribution in [2.75, 3.05) is 26.2 Å². The molecule has 0 aliphatic heterocycles. The van der Waals surface area contributed by atoms with Crippen LogP contribution in [0.2, 0.25) is 0 Å². The molecule has 0 aromatic rings. The smallest absolute Gasteiger partial charge is 0.395 e. The number of rotatable bonds is 5. The van der Waals surface area contributed by atoms with Crippen molar-refractivity contribution in [3.05, 3.63) is 0 Å². The summed E-state index contributed by atoms with van der Waals surface area (Å²) in [5.41, 5.74) is 5.08. The van der Waals surface area contributed by atoms with E-state index in [0.717, 1.165) is 4.90 Å². The molecule has 0 heterocycles. The van der Waals surface area contributed by atoms with E-state index in [1.54, 1.807) is 0 Å². The number of aliphatic hydroxyl groups excluding tert-OH is 1. The fraction of sp³-hybridized carbons (Fsp3) is 0.833. The average molecular weight is 216 g/mol. The van der Waals surface area contributed by atoms with Gasteiger partial charge in [0.05, 0.1) is 18.1 Å². The Balaban J connectivity index is 4.01. The predicted octanol–water partition coefficient (Wildman–Crippen LogP) is 0.129. The highest BCUT2D eigenvalue weighted by atomic mass is 32.1. The number of hydrogen-bond acceptors (Lipinski definition) is 3. The molecule has 0 radical (unpaired) electrons. The number of aliphatic hydroxyl groups is 1. The first-order valence-electron chi connectivity index (χ1n) is 3.53. The van der Waals surface area contributed by atoms with Crippen LogP contribution in [0.4, 0.5) is 13.2 Å². The summed E-state index contributed by atoms with van der Waals surface area (Å²) < 4.78 is 35.6. The lowest BCUT2D eigenvalue weighted by Gasteiger charge is -2.21. The monoisotopic (exact) mass is 216 g/mol. The molecule has 0 aliphatic carbocycles. The van der Waals surface area contributed by atoms with Crippen LogP contribution in [0.3, 0.4) is 0 Å². The summed E-state index contributed by atoms with van der Waals surface area (Å²) in [4.78, 5) is 0.931. The van der Waals surface area contributed by atoms with Crippen LogP contribution in [0.1, 0.15) is 0 Å². The van der Waals surface area contributed by atoms with E-state index in [-0.39, 0.29) is 24.7 Å². The first-order valence-corrected chi connectivity index (χ1v) is 3.94. The van der Waals surface area contributed by atoms with Gasteiger partial charge in [-0.1, -0.05) is 12.2 Å². The number of hydrogen-bond donors (Lipinski definition) is 2. The van der Waals surface area contributed by atoms with Crippen molar-refractivity contribution in [2.24, 2.45) is 5.73 Å². The first-order chi connectivity index (χ1) is 5.85. The highest BCUT2D eigenvalue weighted by Crippen LogP contribution is 2.15. The summed E-state index contributed by atoms with van der Waals surface area (Å²) in [6.07, 6.45) is -4.29. The minimum atomic E-state index is -4.29. The zero-order chi connectivity index (χ0) is 10.5. The van der Waals surface area contributed by atoms with Crippen molar-refractivity contribution in [1.29, 1.82) is 0 Å². The van der Waals surface area contributed by atoms with Crippen LogP contribution in [0.15, 0.2) is 0 Å². The fourth-order valence-corrected chi connectivity index (χ4v) is 1.01. The molecular formula is C6H11F3N2OS. The van der Waals surface area contributed by atoms with Gasteiger partial charge in [0.25, 0.3) is 0 Å². The van der Waals surface area contributed by atoms with Crippen LogP contribution in [0.5, 0.6) is 0 Å². The van der Waals surface area contributed by atoms with Gasteiger partial charge in [-0.25, -0.2) is 0 Å². The van der Waals surface area contributed by atoms with Crippen molar-refractivity contribution in [3.8, 4) is 0 Å². The fourth-order valence-electron chi connectivity index (χ4n) is 0.829. The Kier molecular flexibility index (Phi) is 5.19. The quantitative estimate of drug-likeness (QED) is 0.641. The van der Waals surface area contributed by atoms with E-state index in [2.05, 4.69) is 12.2 Å². The summed E-state index contributed by atoms with van der Waals surface area (Å²) in [5, 5.41) is 8.45. The minimum absolute atomic E-state index is 0.0160. The van der Waals surface area contributed by atoms with E-state index in [1.165, 1.54) is 0 Å². The van der Waals surface area contributed by atoms with Gasteiger partial charge < -0.3 is 10.8 Å². The van der Waals surface area contributed by atoms with Crippen LogP contribution in [0.25, 0.3) is 0 Å². The van der Waals surface area contributed by atoms with Crippen LogP contribution in [0, 0.1) is 0 Å². The van der Waals surface area contributed by atoms with Gasteiger partial charge in [0.2, 0.25) is 0 Å². The van der Waals surface area contributed by atoms with Crippen LogP contribution < -0.4 is 5.73 Å². The molecule has 13 heavy (non-hydrogen) atoms. The Morgan fingerprint density at radius 3 is 2.31 bits per heavy atom. The predicted molar refractivity (Wildman–Crippen MR) is 46.4 cm³/mol. The maximum absolute atomic E-state index is 11.9. The van der Waals surface area contributed by atoms with Crippen molar-refractivity contribution in [2.45, 2.75) is 6.18 Å². The number of nitrogens with two attached hydrogens (primary N) is 1. The third kappa shape index (κ3) is 7.94. The second kappa shape index (κ2) is 5.36. The molecule has 0 bridgehead atoms. The topological polar surface area (TPSA) is 49.5 Å².